The normalized spacial score (nSPS) is 11.3. The monoisotopic (exact) mass is 364 g/mol. The number of benzene rings is 2. The van der Waals surface area contributed by atoms with Crippen LogP contribution in [0.1, 0.15) is 24.0 Å². The molecular formula is C18H21FN2O3S. The van der Waals surface area contributed by atoms with Crippen molar-refractivity contribution >= 4 is 21.6 Å². The van der Waals surface area contributed by atoms with Gasteiger partial charge in [0.15, 0.2) is 0 Å². The molecule has 0 saturated carbocycles. The number of carbonyl (C=O) groups is 1. The van der Waals surface area contributed by atoms with Gasteiger partial charge in [0.2, 0.25) is 15.9 Å². The molecule has 0 unspecified atom stereocenters. The largest absolute Gasteiger partial charge is 0.324 e. The standard InChI is InChI=1S/C18H21FN2O3S/c1-13-9-10-15(12-14(13)2)25(23,24)20-11-5-8-18(22)21-17-7-4-3-6-16(17)19/h3-4,6-7,9-10,12,20H,5,8,11H2,1-2H3,(H,21,22). The third-order valence-electron chi connectivity index (χ3n) is 3.81. The third kappa shape index (κ3) is 5.37. The van der Waals surface area contributed by atoms with Gasteiger partial charge in [-0.15, -0.1) is 0 Å². The van der Waals surface area contributed by atoms with Crippen molar-refractivity contribution in [3.63, 3.8) is 0 Å². The highest BCUT2D eigenvalue weighted by Crippen LogP contribution is 2.15. The second kappa shape index (κ2) is 8.22. The average molecular weight is 364 g/mol. The summed E-state index contributed by atoms with van der Waals surface area (Å²) in [7, 11) is -3.60. The Labute approximate surface area is 147 Å². The molecule has 134 valence electrons. The summed E-state index contributed by atoms with van der Waals surface area (Å²) in [4.78, 5) is 12.0. The Morgan fingerprint density at radius 2 is 1.80 bits per heavy atom. The average Bonchev–Trinajstić information content (AvgIpc) is 2.56. The second-order valence-corrected chi connectivity index (χ2v) is 7.54. The van der Waals surface area contributed by atoms with Crippen LogP contribution in [0.25, 0.3) is 0 Å². The first-order valence-electron chi connectivity index (χ1n) is 7.91. The molecule has 0 heterocycles. The Bertz CT molecular complexity index is 866. The zero-order chi connectivity index (χ0) is 18.4. The number of rotatable bonds is 7. The molecule has 0 radical (unpaired) electrons. The SMILES string of the molecule is Cc1ccc(S(=O)(=O)NCCCC(=O)Nc2ccccc2F)cc1C. The minimum absolute atomic E-state index is 0.0871. The van der Waals surface area contributed by atoms with Crippen molar-refractivity contribution in [1.82, 2.24) is 4.72 Å². The van der Waals surface area contributed by atoms with Gasteiger partial charge in [-0.3, -0.25) is 4.79 Å². The van der Waals surface area contributed by atoms with Gasteiger partial charge in [0.25, 0.3) is 0 Å². The van der Waals surface area contributed by atoms with Crippen molar-refractivity contribution in [3.05, 3.63) is 59.4 Å². The van der Waals surface area contributed by atoms with Crippen molar-refractivity contribution in [2.24, 2.45) is 0 Å². The summed E-state index contributed by atoms with van der Waals surface area (Å²) in [6, 6.07) is 10.8. The van der Waals surface area contributed by atoms with Gasteiger partial charge in [-0.25, -0.2) is 17.5 Å². The van der Waals surface area contributed by atoms with Gasteiger partial charge in [0, 0.05) is 13.0 Å². The number of anilines is 1. The highest BCUT2D eigenvalue weighted by molar-refractivity contribution is 7.89. The number of amides is 1. The van der Waals surface area contributed by atoms with E-state index in [1.54, 1.807) is 24.3 Å². The molecule has 7 heteroatoms. The van der Waals surface area contributed by atoms with Crippen molar-refractivity contribution in [2.45, 2.75) is 31.6 Å². The van der Waals surface area contributed by atoms with Crippen molar-refractivity contribution in [2.75, 3.05) is 11.9 Å². The lowest BCUT2D eigenvalue weighted by molar-refractivity contribution is -0.116. The second-order valence-electron chi connectivity index (χ2n) is 5.78. The van der Waals surface area contributed by atoms with Crippen molar-refractivity contribution in [1.29, 1.82) is 0 Å². The molecule has 1 amide bonds. The summed E-state index contributed by atoms with van der Waals surface area (Å²) in [5.41, 5.74) is 2.03. The Kier molecular flexibility index (Phi) is 6.27. The Balaban J connectivity index is 1.83. The van der Waals surface area contributed by atoms with Crippen LogP contribution < -0.4 is 10.0 Å². The molecule has 5 nitrogen and oxygen atoms in total. The molecule has 0 spiro atoms. The Morgan fingerprint density at radius 3 is 2.48 bits per heavy atom. The van der Waals surface area contributed by atoms with Crippen LogP contribution in [0.4, 0.5) is 10.1 Å². The maximum atomic E-state index is 13.4. The zero-order valence-electron chi connectivity index (χ0n) is 14.2. The number of hydrogen-bond acceptors (Lipinski definition) is 3. The summed E-state index contributed by atoms with van der Waals surface area (Å²) in [5, 5.41) is 2.46. The van der Waals surface area contributed by atoms with E-state index in [-0.39, 0.29) is 29.5 Å². The lowest BCUT2D eigenvalue weighted by atomic mass is 10.1. The van der Waals surface area contributed by atoms with E-state index in [0.717, 1.165) is 11.1 Å². The molecule has 2 aromatic carbocycles. The summed E-state index contributed by atoms with van der Waals surface area (Å²) in [6.45, 7) is 3.88. The van der Waals surface area contributed by atoms with E-state index in [1.807, 2.05) is 13.8 Å². The van der Waals surface area contributed by atoms with Gasteiger partial charge in [0.1, 0.15) is 5.82 Å². The van der Waals surface area contributed by atoms with E-state index in [9.17, 15) is 17.6 Å². The van der Waals surface area contributed by atoms with Crippen LogP contribution in [-0.2, 0) is 14.8 Å². The molecule has 0 atom stereocenters. The number of nitrogens with one attached hydrogen (secondary N) is 2. The highest BCUT2D eigenvalue weighted by Gasteiger charge is 2.14. The number of aryl methyl sites for hydroxylation is 2. The van der Waals surface area contributed by atoms with Crippen LogP contribution in [0.15, 0.2) is 47.4 Å². The molecule has 0 bridgehead atoms. The van der Waals surface area contributed by atoms with E-state index in [4.69, 9.17) is 0 Å². The minimum atomic E-state index is -3.60. The third-order valence-corrected chi connectivity index (χ3v) is 5.27. The van der Waals surface area contributed by atoms with E-state index in [0.29, 0.717) is 6.42 Å². The Morgan fingerprint density at radius 1 is 1.08 bits per heavy atom. The maximum Gasteiger partial charge on any atom is 0.240 e. The van der Waals surface area contributed by atoms with Crippen LogP contribution in [0.2, 0.25) is 0 Å². The van der Waals surface area contributed by atoms with E-state index in [1.165, 1.54) is 18.2 Å². The number of halogens is 1. The molecule has 0 aliphatic rings. The Hall–Kier alpha value is -2.25. The first kappa shape index (κ1) is 19.1. The lowest BCUT2D eigenvalue weighted by Crippen LogP contribution is -2.26. The maximum absolute atomic E-state index is 13.4. The predicted molar refractivity (Wildman–Crippen MR) is 95.4 cm³/mol. The fraction of sp³-hybridized carbons (Fsp3) is 0.278. The lowest BCUT2D eigenvalue weighted by Gasteiger charge is -2.09. The van der Waals surface area contributed by atoms with Gasteiger partial charge in [-0.1, -0.05) is 18.2 Å². The van der Waals surface area contributed by atoms with Crippen LogP contribution in [0.3, 0.4) is 0 Å². The molecule has 0 fully saturated rings. The fourth-order valence-corrected chi connectivity index (χ4v) is 3.35. The molecule has 0 saturated heterocycles. The smallest absolute Gasteiger partial charge is 0.240 e. The van der Waals surface area contributed by atoms with Gasteiger partial charge in [-0.2, -0.15) is 0 Å². The number of carbonyl (C=O) groups excluding carboxylic acids is 1. The summed E-state index contributed by atoms with van der Waals surface area (Å²) >= 11 is 0. The summed E-state index contributed by atoms with van der Waals surface area (Å²) < 4.78 is 40.3. The van der Waals surface area contributed by atoms with Crippen LogP contribution in [0, 0.1) is 19.7 Å². The van der Waals surface area contributed by atoms with E-state index in [2.05, 4.69) is 10.0 Å². The summed E-state index contributed by atoms with van der Waals surface area (Å²) in [6.07, 6.45) is 0.397. The van der Waals surface area contributed by atoms with Crippen molar-refractivity contribution in [3.8, 4) is 0 Å². The number of sulfonamides is 1. The van der Waals surface area contributed by atoms with Crippen LogP contribution >= 0.6 is 0 Å². The fourth-order valence-electron chi connectivity index (χ4n) is 2.20. The number of hydrogen-bond donors (Lipinski definition) is 2. The summed E-state index contributed by atoms with van der Waals surface area (Å²) in [5.74, 6) is -0.873. The molecule has 2 aromatic rings. The van der Waals surface area contributed by atoms with Crippen LogP contribution in [0.5, 0.6) is 0 Å². The van der Waals surface area contributed by atoms with Crippen molar-refractivity contribution < 1.29 is 17.6 Å². The molecule has 0 aliphatic heterocycles. The quantitative estimate of drug-likeness (QED) is 0.741. The van der Waals surface area contributed by atoms with Crippen LogP contribution in [-0.4, -0.2) is 20.9 Å². The number of para-hydroxylation sites is 1. The molecular weight excluding hydrogens is 343 g/mol. The van der Waals surface area contributed by atoms with Gasteiger partial charge >= 0.3 is 0 Å². The molecule has 0 aliphatic carbocycles. The first-order valence-corrected chi connectivity index (χ1v) is 9.39. The first-order chi connectivity index (χ1) is 11.8. The molecule has 25 heavy (non-hydrogen) atoms. The van der Waals surface area contributed by atoms with Gasteiger partial charge < -0.3 is 5.32 Å². The highest BCUT2D eigenvalue weighted by atomic mass is 32.2. The molecule has 2 N–H and O–H groups in total. The topological polar surface area (TPSA) is 75.3 Å². The zero-order valence-corrected chi connectivity index (χ0v) is 15.0. The van der Waals surface area contributed by atoms with E-state index >= 15 is 0 Å². The molecule has 2 rings (SSSR count). The predicted octanol–water partition coefficient (Wildman–Crippen LogP) is 3.14. The van der Waals surface area contributed by atoms with Gasteiger partial charge in [-0.05, 0) is 55.7 Å². The van der Waals surface area contributed by atoms with Gasteiger partial charge in [0.05, 0.1) is 10.6 Å². The van der Waals surface area contributed by atoms with E-state index < -0.39 is 15.8 Å². The minimum Gasteiger partial charge on any atom is -0.324 e. The molecule has 0 aromatic heterocycles.